The standard InChI is InChI=1S/C9H19NO2/c1-4-12-6-5-10-9(11)7-8(2)3/h8H,4-7H2,1-3H3,(H,10,11). The van der Waals surface area contributed by atoms with Crippen molar-refractivity contribution in [3.05, 3.63) is 0 Å². The summed E-state index contributed by atoms with van der Waals surface area (Å²) < 4.78 is 5.07. The summed E-state index contributed by atoms with van der Waals surface area (Å²) in [4.78, 5) is 11.0. The van der Waals surface area contributed by atoms with Gasteiger partial charge in [0.15, 0.2) is 0 Å². The number of ether oxygens (including phenoxy) is 1. The first-order valence-corrected chi connectivity index (χ1v) is 4.51. The number of hydrogen-bond donors (Lipinski definition) is 1. The van der Waals surface area contributed by atoms with Crippen LogP contribution in [-0.4, -0.2) is 25.7 Å². The molecule has 0 saturated carbocycles. The highest BCUT2D eigenvalue weighted by Gasteiger charge is 2.02. The minimum absolute atomic E-state index is 0.115. The fourth-order valence-corrected chi connectivity index (χ4v) is 0.850. The Morgan fingerprint density at radius 1 is 1.50 bits per heavy atom. The van der Waals surface area contributed by atoms with E-state index in [1.807, 2.05) is 20.8 Å². The lowest BCUT2D eigenvalue weighted by molar-refractivity contribution is -0.122. The molecule has 0 aliphatic carbocycles. The normalized spacial score (nSPS) is 10.3. The first-order valence-electron chi connectivity index (χ1n) is 4.51. The Morgan fingerprint density at radius 3 is 2.67 bits per heavy atom. The van der Waals surface area contributed by atoms with Crippen LogP contribution in [-0.2, 0) is 9.53 Å². The van der Waals surface area contributed by atoms with Gasteiger partial charge in [-0.25, -0.2) is 0 Å². The molecule has 12 heavy (non-hydrogen) atoms. The SMILES string of the molecule is CCOCCNC(=O)CC(C)C. The molecule has 0 bridgehead atoms. The van der Waals surface area contributed by atoms with Gasteiger partial charge in [-0.3, -0.25) is 4.79 Å². The van der Waals surface area contributed by atoms with Gasteiger partial charge in [-0.15, -0.1) is 0 Å². The van der Waals surface area contributed by atoms with Gasteiger partial charge in [-0.2, -0.15) is 0 Å². The average molecular weight is 173 g/mol. The maximum atomic E-state index is 11.0. The molecule has 0 heterocycles. The van der Waals surface area contributed by atoms with Gasteiger partial charge in [-0.05, 0) is 12.8 Å². The molecule has 3 nitrogen and oxygen atoms in total. The summed E-state index contributed by atoms with van der Waals surface area (Å²) in [5.74, 6) is 0.543. The Kier molecular flexibility index (Phi) is 6.76. The van der Waals surface area contributed by atoms with E-state index in [1.54, 1.807) is 0 Å². The summed E-state index contributed by atoms with van der Waals surface area (Å²) >= 11 is 0. The number of nitrogens with one attached hydrogen (secondary N) is 1. The van der Waals surface area contributed by atoms with Gasteiger partial charge >= 0.3 is 0 Å². The molecule has 0 saturated heterocycles. The van der Waals surface area contributed by atoms with Crippen LogP contribution >= 0.6 is 0 Å². The maximum absolute atomic E-state index is 11.0. The quantitative estimate of drug-likeness (QED) is 0.613. The van der Waals surface area contributed by atoms with Crippen molar-refractivity contribution < 1.29 is 9.53 Å². The smallest absolute Gasteiger partial charge is 0.220 e. The topological polar surface area (TPSA) is 38.3 Å². The molecule has 0 aromatic heterocycles. The van der Waals surface area contributed by atoms with E-state index in [2.05, 4.69) is 5.32 Å². The second-order valence-corrected chi connectivity index (χ2v) is 3.14. The van der Waals surface area contributed by atoms with E-state index in [4.69, 9.17) is 4.74 Å². The van der Waals surface area contributed by atoms with Crippen LogP contribution in [0.4, 0.5) is 0 Å². The molecular weight excluding hydrogens is 154 g/mol. The minimum Gasteiger partial charge on any atom is -0.380 e. The summed E-state index contributed by atoms with van der Waals surface area (Å²) in [6.07, 6.45) is 0.603. The second-order valence-electron chi connectivity index (χ2n) is 3.14. The van der Waals surface area contributed by atoms with Crippen LogP contribution in [0.15, 0.2) is 0 Å². The molecule has 3 heteroatoms. The van der Waals surface area contributed by atoms with Gasteiger partial charge in [-0.1, -0.05) is 13.8 Å². The lowest BCUT2D eigenvalue weighted by Crippen LogP contribution is -2.28. The van der Waals surface area contributed by atoms with Crippen molar-refractivity contribution in [2.45, 2.75) is 27.2 Å². The molecule has 0 aliphatic heterocycles. The molecule has 0 aromatic rings. The van der Waals surface area contributed by atoms with E-state index in [-0.39, 0.29) is 5.91 Å². The zero-order valence-corrected chi connectivity index (χ0v) is 8.22. The van der Waals surface area contributed by atoms with Crippen molar-refractivity contribution in [2.75, 3.05) is 19.8 Å². The van der Waals surface area contributed by atoms with Crippen molar-refractivity contribution in [3.63, 3.8) is 0 Å². The van der Waals surface area contributed by atoms with E-state index in [0.717, 1.165) is 0 Å². The summed E-state index contributed by atoms with van der Waals surface area (Å²) in [6, 6.07) is 0. The van der Waals surface area contributed by atoms with E-state index in [0.29, 0.717) is 32.1 Å². The van der Waals surface area contributed by atoms with Crippen LogP contribution in [0, 0.1) is 5.92 Å². The fourth-order valence-electron chi connectivity index (χ4n) is 0.850. The number of carbonyl (C=O) groups is 1. The summed E-state index contributed by atoms with van der Waals surface area (Å²) in [5, 5.41) is 2.78. The zero-order valence-electron chi connectivity index (χ0n) is 8.22. The molecule has 1 N–H and O–H groups in total. The molecule has 0 radical (unpaired) electrons. The van der Waals surface area contributed by atoms with Gasteiger partial charge in [0.1, 0.15) is 0 Å². The highest BCUT2D eigenvalue weighted by molar-refractivity contribution is 5.75. The number of rotatable bonds is 6. The highest BCUT2D eigenvalue weighted by atomic mass is 16.5. The van der Waals surface area contributed by atoms with Crippen molar-refractivity contribution in [1.29, 1.82) is 0 Å². The van der Waals surface area contributed by atoms with Gasteiger partial charge < -0.3 is 10.1 Å². The summed E-state index contributed by atoms with van der Waals surface area (Å²) in [7, 11) is 0. The highest BCUT2D eigenvalue weighted by Crippen LogP contribution is 1.97. The molecule has 1 amide bonds. The van der Waals surface area contributed by atoms with Gasteiger partial charge in [0, 0.05) is 19.6 Å². The van der Waals surface area contributed by atoms with Gasteiger partial charge in [0.2, 0.25) is 5.91 Å². The second kappa shape index (κ2) is 7.10. The number of amides is 1. The minimum atomic E-state index is 0.115. The van der Waals surface area contributed by atoms with E-state index in [1.165, 1.54) is 0 Å². The Labute approximate surface area is 74.5 Å². The van der Waals surface area contributed by atoms with Crippen LogP contribution in [0.5, 0.6) is 0 Å². The van der Waals surface area contributed by atoms with Crippen molar-refractivity contribution in [3.8, 4) is 0 Å². The van der Waals surface area contributed by atoms with Crippen molar-refractivity contribution in [2.24, 2.45) is 5.92 Å². The van der Waals surface area contributed by atoms with Crippen molar-refractivity contribution >= 4 is 5.91 Å². The molecule has 0 atom stereocenters. The Morgan fingerprint density at radius 2 is 2.17 bits per heavy atom. The predicted octanol–water partition coefficient (Wildman–Crippen LogP) is 1.19. The predicted molar refractivity (Wildman–Crippen MR) is 49.0 cm³/mol. The Balaban J connectivity index is 3.20. The summed E-state index contributed by atoms with van der Waals surface area (Å²) in [6.45, 7) is 7.94. The van der Waals surface area contributed by atoms with Crippen LogP contribution in [0.2, 0.25) is 0 Å². The Bertz CT molecular complexity index is 124. The molecule has 0 aliphatic rings. The van der Waals surface area contributed by atoms with E-state index in [9.17, 15) is 4.79 Å². The van der Waals surface area contributed by atoms with E-state index < -0.39 is 0 Å². The first-order chi connectivity index (χ1) is 5.66. The molecule has 0 aromatic carbocycles. The van der Waals surface area contributed by atoms with Gasteiger partial charge in [0.05, 0.1) is 6.61 Å². The van der Waals surface area contributed by atoms with Crippen LogP contribution in [0.3, 0.4) is 0 Å². The summed E-state index contributed by atoms with van der Waals surface area (Å²) in [5.41, 5.74) is 0. The zero-order chi connectivity index (χ0) is 9.40. The Hall–Kier alpha value is -0.570. The molecular formula is C9H19NO2. The lowest BCUT2D eigenvalue weighted by atomic mass is 10.1. The molecule has 0 fully saturated rings. The average Bonchev–Trinajstić information content (AvgIpc) is 1.97. The van der Waals surface area contributed by atoms with Crippen LogP contribution in [0.25, 0.3) is 0 Å². The third kappa shape index (κ3) is 7.54. The van der Waals surface area contributed by atoms with Crippen molar-refractivity contribution in [1.82, 2.24) is 5.32 Å². The number of carbonyl (C=O) groups excluding carboxylic acids is 1. The first kappa shape index (κ1) is 11.4. The van der Waals surface area contributed by atoms with Crippen LogP contribution in [0.1, 0.15) is 27.2 Å². The third-order valence-corrected chi connectivity index (χ3v) is 1.37. The largest absolute Gasteiger partial charge is 0.380 e. The lowest BCUT2D eigenvalue weighted by Gasteiger charge is -2.06. The molecule has 0 rings (SSSR count). The van der Waals surface area contributed by atoms with Gasteiger partial charge in [0.25, 0.3) is 0 Å². The fraction of sp³-hybridized carbons (Fsp3) is 0.889. The maximum Gasteiger partial charge on any atom is 0.220 e. The number of hydrogen-bond acceptors (Lipinski definition) is 2. The molecule has 72 valence electrons. The van der Waals surface area contributed by atoms with Crippen LogP contribution < -0.4 is 5.32 Å². The third-order valence-electron chi connectivity index (χ3n) is 1.37. The molecule has 0 unspecified atom stereocenters. The molecule has 0 spiro atoms. The monoisotopic (exact) mass is 173 g/mol. The van der Waals surface area contributed by atoms with E-state index >= 15 is 0 Å².